The minimum Gasteiger partial charge on any atom is -0.380 e. The summed E-state index contributed by atoms with van der Waals surface area (Å²) < 4.78 is 5.39. The molecule has 1 aliphatic rings. The number of ether oxygens (including phenoxy) is 1. The predicted molar refractivity (Wildman–Crippen MR) is 43.0 cm³/mol. The van der Waals surface area contributed by atoms with Crippen LogP contribution in [0.25, 0.3) is 0 Å². The molecule has 0 bridgehead atoms. The summed E-state index contributed by atoms with van der Waals surface area (Å²) in [5, 5.41) is 9.09. The van der Waals surface area contributed by atoms with E-state index >= 15 is 0 Å². The maximum absolute atomic E-state index is 9.09. The average molecular weight is 154 g/mol. The Labute approximate surface area is 67.6 Å². The largest absolute Gasteiger partial charge is 0.380 e. The third kappa shape index (κ3) is 2.92. The summed E-state index contributed by atoms with van der Waals surface area (Å²) in [7, 11) is 0. The minimum atomic E-state index is -0.627. The van der Waals surface area contributed by atoms with Crippen molar-refractivity contribution in [2.75, 3.05) is 6.61 Å². The zero-order chi connectivity index (χ0) is 8.10. The fraction of sp³-hybridized carbons (Fsp3) is 0.778. The molecule has 2 unspecified atom stereocenters. The van der Waals surface area contributed by atoms with Crippen molar-refractivity contribution in [1.29, 1.82) is 0 Å². The Morgan fingerprint density at radius 2 is 2.45 bits per heavy atom. The van der Waals surface area contributed by atoms with Gasteiger partial charge in [0.05, 0.1) is 6.10 Å². The molecule has 0 radical (unpaired) electrons. The first-order valence-corrected chi connectivity index (χ1v) is 4.08. The lowest BCUT2D eigenvalue weighted by Crippen LogP contribution is -2.23. The summed E-state index contributed by atoms with van der Waals surface area (Å²) in [6.45, 7) is 0.821. The van der Waals surface area contributed by atoms with Crippen molar-refractivity contribution in [3.8, 4) is 12.3 Å². The van der Waals surface area contributed by atoms with E-state index < -0.39 is 6.10 Å². The number of hydrogen-bond donors (Lipinski definition) is 1. The molecule has 0 aromatic rings. The van der Waals surface area contributed by atoms with E-state index in [2.05, 4.69) is 5.92 Å². The molecular weight excluding hydrogens is 140 g/mol. The highest BCUT2D eigenvalue weighted by Gasteiger charge is 2.16. The highest BCUT2D eigenvalue weighted by molar-refractivity contribution is 4.94. The first-order valence-electron chi connectivity index (χ1n) is 4.08. The van der Waals surface area contributed by atoms with E-state index in [4.69, 9.17) is 16.3 Å². The SMILES string of the molecule is C#CC(O)CC1CCCCO1. The lowest BCUT2D eigenvalue weighted by Gasteiger charge is -2.22. The molecule has 1 heterocycles. The molecule has 2 nitrogen and oxygen atoms in total. The van der Waals surface area contributed by atoms with Crippen molar-refractivity contribution >= 4 is 0 Å². The van der Waals surface area contributed by atoms with Crippen LogP contribution >= 0.6 is 0 Å². The van der Waals surface area contributed by atoms with Gasteiger partial charge in [-0.3, -0.25) is 0 Å². The third-order valence-electron chi connectivity index (χ3n) is 1.95. The molecule has 0 aromatic heterocycles. The summed E-state index contributed by atoms with van der Waals surface area (Å²) in [5.41, 5.74) is 0. The second-order valence-electron chi connectivity index (χ2n) is 2.91. The summed E-state index contributed by atoms with van der Waals surface area (Å²) in [4.78, 5) is 0. The standard InChI is InChI=1S/C9H14O2/c1-2-8(10)7-9-5-3-4-6-11-9/h1,8-10H,3-7H2. The lowest BCUT2D eigenvalue weighted by atomic mass is 10.0. The van der Waals surface area contributed by atoms with Gasteiger partial charge in [-0.2, -0.15) is 0 Å². The molecule has 0 aromatic carbocycles. The smallest absolute Gasteiger partial charge is 0.116 e. The summed E-state index contributed by atoms with van der Waals surface area (Å²) in [6, 6.07) is 0. The van der Waals surface area contributed by atoms with E-state index in [1.165, 1.54) is 6.42 Å². The Balaban J connectivity index is 2.20. The van der Waals surface area contributed by atoms with E-state index in [1.54, 1.807) is 0 Å². The van der Waals surface area contributed by atoms with Gasteiger partial charge in [-0.15, -0.1) is 6.42 Å². The fourth-order valence-electron chi connectivity index (χ4n) is 1.31. The maximum atomic E-state index is 9.09. The van der Waals surface area contributed by atoms with Gasteiger partial charge < -0.3 is 9.84 Å². The topological polar surface area (TPSA) is 29.5 Å². The molecule has 0 saturated carbocycles. The molecular formula is C9H14O2. The van der Waals surface area contributed by atoms with Crippen molar-refractivity contribution < 1.29 is 9.84 Å². The number of aliphatic hydroxyl groups excluding tert-OH is 1. The van der Waals surface area contributed by atoms with Crippen LogP contribution in [0.1, 0.15) is 25.7 Å². The van der Waals surface area contributed by atoms with Crippen molar-refractivity contribution in [2.45, 2.75) is 37.9 Å². The molecule has 1 aliphatic heterocycles. The van der Waals surface area contributed by atoms with Crippen LogP contribution in [0.15, 0.2) is 0 Å². The summed E-state index contributed by atoms with van der Waals surface area (Å²) in [5.74, 6) is 2.29. The van der Waals surface area contributed by atoms with Crippen LogP contribution in [0.2, 0.25) is 0 Å². The van der Waals surface area contributed by atoms with E-state index in [-0.39, 0.29) is 6.10 Å². The van der Waals surface area contributed by atoms with Crippen LogP contribution in [-0.2, 0) is 4.74 Å². The average Bonchev–Trinajstić information content (AvgIpc) is 2.06. The van der Waals surface area contributed by atoms with Gasteiger partial charge in [-0.25, -0.2) is 0 Å². The Bertz CT molecular complexity index is 142. The van der Waals surface area contributed by atoms with E-state index in [0.29, 0.717) is 6.42 Å². The second kappa shape index (κ2) is 4.38. The fourth-order valence-corrected chi connectivity index (χ4v) is 1.31. The molecule has 0 spiro atoms. The Morgan fingerprint density at radius 3 is 3.00 bits per heavy atom. The van der Waals surface area contributed by atoms with Crippen LogP contribution in [0.4, 0.5) is 0 Å². The first kappa shape index (κ1) is 8.58. The molecule has 11 heavy (non-hydrogen) atoms. The highest BCUT2D eigenvalue weighted by atomic mass is 16.5. The number of rotatable bonds is 2. The van der Waals surface area contributed by atoms with Crippen molar-refractivity contribution in [2.24, 2.45) is 0 Å². The second-order valence-corrected chi connectivity index (χ2v) is 2.91. The van der Waals surface area contributed by atoms with E-state index in [0.717, 1.165) is 19.4 Å². The van der Waals surface area contributed by atoms with Crippen molar-refractivity contribution in [1.82, 2.24) is 0 Å². The van der Waals surface area contributed by atoms with E-state index in [1.807, 2.05) is 0 Å². The number of hydrogen-bond acceptors (Lipinski definition) is 2. The van der Waals surface area contributed by atoms with E-state index in [9.17, 15) is 0 Å². The first-order chi connectivity index (χ1) is 5.33. The Morgan fingerprint density at radius 1 is 1.64 bits per heavy atom. The van der Waals surface area contributed by atoms with Gasteiger partial charge in [0.2, 0.25) is 0 Å². The molecule has 1 saturated heterocycles. The van der Waals surface area contributed by atoms with Crippen LogP contribution in [0.5, 0.6) is 0 Å². The zero-order valence-corrected chi connectivity index (χ0v) is 6.62. The van der Waals surface area contributed by atoms with Crippen LogP contribution in [0, 0.1) is 12.3 Å². The molecule has 1 fully saturated rings. The van der Waals surface area contributed by atoms with Crippen molar-refractivity contribution in [3.63, 3.8) is 0 Å². The molecule has 1 N–H and O–H groups in total. The predicted octanol–water partition coefficient (Wildman–Crippen LogP) is 0.940. The third-order valence-corrected chi connectivity index (χ3v) is 1.95. The summed E-state index contributed by atoms with van der Waals surface area (Å²) in [6.07, 6.45) is 8.57. The number of aliphatic hydroxyl groups is 1. The molecule has 0 aliphatic carbocycles. The molecule has 2 atom stereocenters. The van der Waals surface area contributed by atoms with Gasteiger partial charge in [0.15, 0.2) is 0 Å². The quantitative estimate of drug-likeness (QED) is 0.600. The lowest BCUT2D eigenvalue weighted by molar-refractivity contribution is -0.00594. The normalized spacial score (nSPS) is 27.5. The highest BCUT2D eigenvalue weighted by Crippen LogP contribution is 2.16. The van der Waals surface area contributed by atoms with Gasteiger partial charge >= 0.3 is 0 Å². The Kier molecular flexibility index (Phi) is 3.41. The number of terminal acetylenes is 1. The summed E-state index contributed by atoms with van der Waals surface area (Å²) >= 11 is 0. The minimum absolute atomic E-state index is 0.190. The Hall–Kier alpha value is -0.520. The molecule has 62 valence electrons. The van der Waals surface area contributed by atoms with Gasteiger partial charge in [0.1, 0.15) is 6.10 Å². The molecule has 0 amide bonds. The van der Waals surface area contributed by atoms with Crippen LogP contribution < -0.4 is 0 Å². The maximum Gasteiger partial charge on any atom is 0.116 e. The van der Waals surface area contributed by atoms with Gasteiger partial charge in [-0.1, -0.05) is 5.92 Å². The van der Waals surface area contributed by atoms with Crippen LogP contribution in [-0.4, -0.2) is 23.9 Å². The molecule has 2 heteroatoms. The van der Waals surface area contributed by atoms with Gasteiger partial charge in [0.25, 0.3) is 0 Å². The van der Waals surface area contributed by atoms with Crippen LogP contribution in [0.3, 0.4) is 0 Å². The van der Waals surface area contributed by atoms with Gasteiger partial charge in [-0.05, 0) is 19.3 Å². The van der Waals surface area contributed by atoms with Gasteiger partial charge in [0, 0.05) is 13.0 Å². The van der Waals surface area contributed by atoms with Crippen molar-refractivity contribution in [3.05, 3.63) is 0 Å². The molecule has 1 rings (SSSR count). The monoisotopic (exact) mass is 154 g/mol. The zero-order valence-electron chi connectivity index (χ0n) is 6.62.